The lowest BCUT2D eigenvalue weighted by molar-refractivity contribution is -0.122. The predicted octanol–water partition coefficient (Wildman–Crippen LogP) is 4.16. The maximum Gasteiger partial charge on any atom is 0.270 e. The molecule has 5 nitrogen and oxygen atoms in total. The number of hydrogen-bond acceptors (Lipinski definition) is 3. The Morgan fingerprint density at radius 1 is 0.900 bits per heavy atom. The average Bonchev–Trinajstić information content (AvgIpc) is 3.07. The summed E-state index contributed by atoms with van der Waals surface area (Å²) in [4.78, 5) is 27.5. The van der Waals surface area contributed by atoms with Crippen molar-refractivity contribution >= 4 is 62.6 Å². The second-order valence-corrected chi connectivity index (χ2v) is 7.56. The van der Waals surface area contributed by atoms with Crippen molar-refractivity contribution in [3.05, 3.63) is 84.1 Å². The zero-order valence-electron chi connectivity index (χ0n) is 16.1. The van der Waals surface area contributed by atoms with Crippen molar-refractivity contribution in [2.24, 2.45) is 7.05 Å². The van der Waals surface area contributed by atoms with Gasteiger partial charge in [0.2, 0.25) is 0 Å². The summed E-state index contributed by atoms with van der Waals surface area (Å²) in [5.41, 5.74) is 2.52. The smallest absolute Gasteiger partial charge is 0.270 e. The molecule has 1 aliphatic heterocycles. The molecule has 6 heteroatoms. The van der Waals surface area contributed by atoms with Crippen molar-refractivity contribution in [2.75, 3.05) is 4.90 Å². The van der Waals surface area contributed by atoms with E-state index in [4.69, 9.17) is 12.2 Å². The quantitative estimate of drug-likeness (QED) is 0.306. The Kier molecular flexibility index (Phi) is 4.22. The number of nitrogens with zero attached hydrogens (tertiary/aromatic N) is 2. The van der Waals surface area contributed by atoms with Crippen LogP contribution in [0.2, 0.25) is 0 Å². The molecule has 2 amide bonds. The van der Waals surface area contributed by atoms with E-state index in [1.54, 1.807) is 6.08 Å². The molecule has 5 rings (SSSR count). The highest BCUT2D eigenvalue weighted by Gasteiger charge is 2.35. The van der Waals surface area contributed by atoms with Gasteiger partial charge in [0.05, 0.1) is 5.69 Å². The fourth-order valence-corrected chi connectivity index (χ4v) is 4.20. The Labute approximate surface area is 178 Å². The van der Waals surface area contributed by atoms with Gasteiger partial charge in [-0.1, -0.05) is 54.6 Å². The average molecular weight is 411 g/mol. The topological polar surface area (TPSA) is 54.3 Å². The number of para-hydroxylation sites is 1. The predicted molar refractivity (Wildman–Crippen MR) is 123 cm³/mol. The third-order valence-corrected chi connectivity index (χ3v) is 5.62. The first-order chi connectivity index (χ1) is 14.5. The summed E-state index contributed by atoms with van der Waals surface area (Å²) in [6.45, 7) is 0. The lowest BCUT2D eigenvalue weighted by atomic mass is 10.0. The van der Waals surface area contributed by atoms with Crippen LogP contribution in [0.25, 0.3) is 27.8 Å². The zero-order valence-corrected chi connectivity index (χ0v) is 16.9. The largest absolute Gasteiger partial charge is 0.350 e. The number of nitrogens with one attached hydrogen (secondary N) is 1. The Morgan fingerprint density at radius 2 is 1.60 bits per heavy atom. The number of fused-ring (bicyclic) bond motifs is 2. The normalized spacial score (nSPS) is 16.0. The number of aromatic nitrogens is 1. The van der Waals surface area contributed by atoms with Crippen LogP contribution in [0.3, 0.4) is 0 Å². The molecule has 0 spiro atoms. The first-order valence-corrected chi connectivity index (χ1v) is 9.89. The van der Waals surface area contributed by atoms with Crippen LogP contribution in [0.4, 0.5) is 5.69 Å². The highest BCUT2D eigenvalue weighted by atomic mass is 32.1. The molecule has 1 fully saturated rings. The first kappa shape index (κ1) is 18.3. The van der Waals surface area contributed by atoms with Crippen LogP contribution in [-0.4, -0.2) is 21.5 Å². The maximum atomic E-state index is 13.4. The summed E-state index contributed by atoms with van der Waals surface area (Å²) in [7, 11) is 1.94. The molecule has 2 heterocycles. The number of amides is 2. The van der Waals surface area contributed by atoms with Gasteiger partial charge in [0.1, 0.15) is 5.57 Å². The highest BCUT2D eigenvalue weighted by Crippen LogP contribution is 2.30. The van der Waals surface area contributed by atoms with E-state index in [2.05, 4.69) is 5.32 Å². The molecule has 146 valence electrons. The number of anilines is 1. The van der Waals surface area contributed by atoms with E-state index < -0.39 is 11.8 Å². The Bertz CT molecular complexity index is 1390. The summed E-state index contributed by atoms with van der Waals surface area (Å²) in [5.74, 6) is -0.928. The van der Waals surface area contributed by atoms with Crippen molar-refractivity contribution in [1.29, 1.82) is 0 Å². The molecule has 30 heavy (non-hydrogen) atoms. The monoisotopic (exact) mass is 411 g/mol. The van der Waals surface area contributed by atoms with Gasteiger partial charge in [0.25, 0.3) is 11.8 Å². The van der Waals surface area contributed by atoms with Gasteiger partial charge in [-0.3, -0.25) is 19.8 Å². The van der Waals surface area contributed by atoms with E-state index >= 15 is 0 Å². The second-order valence-electron chi connectivity index (χ2n) is 7.17. The minimum absolute atomic E-state index is 0.0490. The molecular formula is C24H17N3O2S. The molecule has 0 bridgehead atoms. The molecule has 4 aromatic rings. The molecule has 0 aliphatic carbocycles. The van der Waals surface area contributed by atoms with Crippen molar-refractivity contribution in [3.8, 4) is 0 Å². The number of hydrogen-bond donors (Lipinski definition) is 1. The van der Waals surface area contributed by atoms with E-state index in [1.807, 2.05) is 84.5 Å². The van der Waals surface area contributed by atoms with Crippen LogP contribution in [0.15, 0.2) is 78.5 Å². The number of carbonyl (C=O) groups excluding carboxylic acids is 2. The summed E-state index contributed by atoms with van der Waals surface area (Å²) < 4.78 is 1.97. The van der Waals surface area contributed by atoms with Gasteiger partial charge in [0.15, 0.2) is 5.11 Å². The van der Waals surface area contributed by atoms with Crippen molar-refractivity contribution < 1.29 is 9.59 Å². The minimum atomic E-state index is -0.491. The summed E-state index contributed by atoms with van der Waals surface area (Å²) >= 11 is 5.37. The van der Waals surface area contributed by atoms with Crippen LogP contribution < -0.4 is 10.2 Å². The van der Waals surface area contributed by atoms with Crippen LogP contribution in [0, 0.1) is 0 Å². The molecule has 1 N–H and O–H groups in total. The molecule has 0 unspecified atom stereocenters. The van der Waals surface area contributed by atoms with Crippen LogP contribution >= 0.6 is 12.2 Å². The lowest BCUT2D eigenvalue weighted by Crippen LogP contribution is -2.54. The van der Waals surface area contributed by atoms with Gasteiger partial charge in [0, 0.05) is 35.1 Å². The summed E-state index contributed by atoms with van der Waals surface area (Å²) in [6, 6.07) is 21.3. The second kappa shape index (κ2) is 6.93. The van der Waals surface area contributed by atoms with Crippen molar-refractivity contribution in [1.82, 2.24) is 9.88 Å². The van der Waals surface area contributed by atoms with Gasteiger partial charge < -0.3 is 4.57 Å². The SMILES string of the molecule is Cn1cc(/C=C2/C(=O)NC(=S)N(c3cccc4ccccc34)C2=O)c2ccccc21. The molecule has 1 aromatic heterocycles. The summed E-state index contributed by atoms with van der Waals surface area (Å²) in [6.07, 6.45) is 3.55. The van der Waals surface area contributed by atoms with E-state index in [0.29, 0.717) is 5.69 Å². The van der Waals surface area contributed by atoms with Gasteiger partial charge in [-0.05, 0) is 35.8 Å². The fraction of sp³-hybridized carbons (Fsp3) is 0.0417. The number of aryl methyl sites for hydroxylation is 1. The molecule has 1 saturated heterocycles. The van der Waals surface area contributed by atoms with Crippen molar-refractivity contribution in [3.63, 3.8) is 0 Å². The minimum Gasteiger partial charge on any atom is -0.350 e. The number of thiocarbonyl (C=S) groups is 1. The molecule has 3 aromatic carbocycles. The van der Waals surface area contributed by atoms with E-state index in [0.717, 1.165) is 27.2 Å². The third kappa shape index (κ3) is 2.81. The van der Waals surface area contributed by atoms with Gasteiger partial charge >= 0.3 is 0 Å². The van der Waals surface area contributed by atoms with Gasteiger partial charge in [-0.15, -0.1) is 0 Å². The Morgan fingerprint density at radius 3 is 2.43 bits per heavy atom. The Balaban J connectivity index is 1.65. The highest BCUT2D eigenvalue weighted by molar-refractivity contribution is 7.80. The van der Waals surface area contributed by atoms with Crippen LogP contribution in [0.5, 0.6) is 0 Å². The number of carbonyl (C=O) groups is 2. The van der Waals surface area contributed by atoms with Gasteiger partial charge in [-0.2, -0.15) is 0 Å². The maximum absolute atomic E-state index is 13.4. The number of rotatable bonds is 2. The Hall–Kier alpha value is -3.77. The lowest BCUT2D eigenvalue weighted by Gasteiger charge is -2.29. The van der Waals surface area contributed by atoms with E-state index in [1.165, 1.54) is 4.90 Å². The standard InChI is InChI=1S/C24H17N3O2S/c1-26-14-16(18-10-4-5-11-20(18)26)13-19-22(28)25-24(30)27(23(19)29)21-12-6-8-15-7-2-3-9-17(15)21/h2-14H,1H3,(H,25,28,30)/b19-13-. The molecule has 0 radical (unpaired) electrons. The summed E-state index contributed by atoms with van der Waals surface area (Å²) in [5, 5.41) is 5.59. The number of benzene rings is 3. The first-order valence-electron chi connectivity index (χ1n) is 9.48. The third-order valence-electron chi connectivity index (χ3n) is 5.34. The fourth-order valence-electron chi connectivity index (χ4n) is 3.92. The zero-order chi connectivity index (χ0) is 20.8. The van der Waals surface area contributed by atoms with E-state index in [9.17, 15) is 9.59 Å². The van der Waals surface area contributed by atoms with Gasteiger partial charge in [-0.25, -0.2) is 0 Å². The van der Waals surface area contributed by atoms with Crippen LogP contribution in [-0.2, 0) is 16.6 Å². The molecule has 0 saturated carbocycles. The molecular weight excluding hydrogens is 394 g/mol. The molecule has 0 atom stereocenters. The molecule has 1 aliphatic rings. The van der Waals surface area contributed by atoms with E-state index in [-0.39, 0.29) is 10.7 Å². The van der Waals surface area contributed by atoms with Crippen LogP contribution in [0.1, 0.15) is 5.56 Å². The van der Waals surface area contributed by atoms with Crippen molar-refractivity contribution in [2.45, 2.75) is 0 Å².